The Hall–Kier alpha value is -1.78. The van der Waals surface area contributed by atoms with Crippen LogP contribution in [0.5, 0.6) is 11.5 Å². The molecular formula is C17H22BrN3O3. The van der Waals surface area contributed by atoms with E-state index in [0.717, 1.165) is 26.1 Å². The number of carbonyl (C=O) groups excluding carboxylic acids is 1. The SMILES string of the molecule is CCOc1cc(C#N)cc(Br)c1OCC(=O)N1CCCN(C)CC1. The van der Waals surface area contributed by atoms with Crippen molar-refractivity contribution in [1.29, 1.82) is 5.26 Å². The van der Waals surface area contributed by atoms with Gasteiger partial charge in [-0.1, -0.05) is 0 Å². The molecule has 7 heteroatoms. The summed E-state index contributed by atoms with van der Waals surface area (Å²) in [5, 5.41) is 9.05. The van der Waals surface area contributed by atoms with Crippen molar-refractivity contribution >= 4 is 21.8 Å². The molecule has 0 radical (unpaired) electrons. The van der Waals surface area contributed by atoms with Gasteiger partial charge in [0.05, 0.1) is 22.7 Å². The maximum Gasteiger partial charge on any atom is 0.260 e. The molecular weight excluding hydrogens is 374 g/mol. The Kier molecular flexibility index (Phi) is 6.88. The Labute approximate surface area is 151 Å². The third kappa shape index (κ3) is 4.86. The number of hydrogen-bond donors (Lipinski definition) is 0. The van der Waals surface area contributed by atoms with Crippen LogP contribution in [0.3, 0.4) is 0 Å². The van der Waals surface area contributed by atoms with Gasteiger partial charge in [0.1, 0.15) is 0 Å². The number of benzene rings is 1. The Bertz CT molecular complexity index is 630. The van der Waals surface area contributed by atoms with E-state index in [1.54, 1.807) is 12.1 Å². The minimum absolute atomic E-state index is 0.0380. The zero-order chi connectivity index (χ0) is 17.5. The molecule has 0 saturated carbocycles. The van der Waals surface area contributed by atoms with Crippen LogP contribution < -0.4 is 9.47 Å². The van der Waals surface area contributed by atoms with Gasteiger partial charge in [-0.15, -0.1) is 0 Å². The normalized spacial score (nSPS) is 15.5. The number of nitriles is 1. The van der Waals surface area contributed by atoms with Crippen LogP contribution in [0.25, 0.3) is 0 Å². The minimum Gasteiger partial charge on any atom is -0.490 e. The number of likely N-dealkylation sites (N-methyl/N-ethyl adjacent to an activating group) is 1. The molecule has 6 nitrogen and oxygen atoms in total. The van der Waals surface area contributed by atoms with Gasteiger partial charge in [-0.2, -0.15) is 5.26 Å². The lowest BCUT2D eigenvalue weighted by Crippen LogP contribution is -2.37. The topological polar surface area (TPSA) is 65.8 Å². The number of rotatable bonds is 5. The van der Waals surface area contributed by atoms with E-state index in [2.05, 4.69) is 33.9 Å². The van der Waals surface area contributed by atoms with Crippen LogP contribution in [-0.2, 0) is 4.79 Å². The molecule has 1 aromatic rings. The fraction of sp³-hybridized carbons (Fsp3) is 0.529. The van der Waals surface area contributed by atoms with Gasteiger partial charge >= 0.3 is 0 Å². The summed E-state index contributed by atoms with van der Waals surface area (Å²) >= 11 is 3.39. The molecule has 0 N–H and O–H groups in total. The molecule has 1 heterocycles. The van der Waals surface area contributed by atoms with Gasteiger partial charge in [-0.25, -0.2) is 0 Å². The van der Waals surface area contributed by atoms with Crippen molar-refractivity contribution in [2.24, 2.45) is 0 Å². The van der Waals surface area contributed by atoms with Crippen LogP contribution in [0.1, 0.15) is 18.9 Å². The predicted octanol–water partition coefficient (Wildman–Crippen LogP) is 2.26. The van der Waals surface area contributed by atoms with E-state index in [4.69, 9.17) is 14.7 Å². The molecule has 1 amide bonds. The van der Waals surface area contributed by atoms with E-state index in [1.165, 1.54) is 0 Å². The summed E-state index contributed by atoms with van der Waals surface area (Å²) in [5.74, 6) is 0.881. The van der Waals surface area contributed by atoms with Gasteiger partial charge in [-0.3, -0.25) is 4.79 Å². The molecule has 1 saturated heterocycles. The molecule has 0 aromatic heterocycles. The van der Waals surface area contributed by atoms with Crippen molar-refractivity contribution in [3.05, 3.63) is 22.2 Å². The maximum atomic E-state index is 12.4. The number of ether oxygens (including phenoxy) is 2. The lowest BCUT2D eigenvalue weighted by molar-refractivity contribution is -0.133. The minimum atomic E-state index is -0.0473. The highest BCUT2D eigenvalue weighted by atomic mass is 79.9. The number of halogens is 1. The lowest BCUT2D eigenvalue weighted by atomic mass is 10.2. The number of amides is 1. The first-order valence-electron chi connectivity index (χ1n) is 8.00. The average Bonchev–Trinajstić information content (AvgIpc) is 2.78. The summed E-state index contributed by atoms with van der Waals surface area (Å²) in [6, 6.07) is 5.35. The molecule has 0 aliphatic carbocycles. The van der Waals surface area contributed by atoms with E-state index in [9.17, 15) is 4.79 Å². The van der Waals surface area contributed by atoms with Crippen molar-refractivity contribution < 1.29 is 14.3 Å². The molecule has 0 bridgehead atoms. The Morgan fingerprint density at radius 1 is 1.29 bits per heavy atom. The van der Waals surface area contributed by atoms with Crippen molar-refractivity contribution in [2.75, 3.05) is 46.4 Å². The van der Waals surface area contributed by atoms with E-state index < -0.39 is 0 Å². The third-order valence-corrected chi connectivity index (χ3v) is 4.44. The van der Waals surface area contributed by atoms with Crippen molar-refractivity contribution in [3.63, 3.8) is 0 Å². The standard InChI is InChI=1S/C17H22BrN3O3/c1-3-23-15-10-13(11-19)9-14(18)17(15)24-12-16(22)21-6-4-5-20(2)7-8-21/h9-10H,3-8,12H2,1-2H3. The zero-order valence-corrected chi connectivity index (χ0v) is 15.6. The van der Waals surface area contributed by atoms with Gasteiger partial charge in [0.2, 0.25) is 0 Å². The van der Waals surface area contributed by atoms with Crippen LogP contribution in [0.2, 0.25) is 0 Å². The van der Waals surface area contributed by atoms with Crippen molar-refractivity contribution in [1.82, 2.24) is 9.80 Å². The summed E-state index contributed by atoms with van der Waals surface area (Å²) < 4.78 is 11.9. The first kappa shape index (κ1) is 18.6. The van der Waals surface area contributed by atoms with E-state index in [1.807, 2.05) is 11.8 Å². The Morgan fingerprint density at radius 2 is 2.08 bits per heavy atom. The lowest BCUT2D eigenvalue weighted by Gasteiger charge is -2.21. The molecule has 0 spiro atoms. The largest absolute Gasteiger partial charge is 0.490 e. The first-order chi connectivity index (χ1) is 11.5. The van der Waals surface area contributed by atoms with Crippen LogP contribution in [-0.4, -0.2) is 62.1 Å². The van der Waals surface area contributed by atoms with Crippen molar-refractivity contribution in [2.45, 2.75) is 13.3 Å². The maximum absolute atomic E-state index is 12.4. The van der Waals surface area contributed by atoms with E-state index in [-0.39, 0.29) is 12.5 Å². The number of carbonyl (C=O) groups is 1. The number of hydrogen-bond acceptors (Lipinski definition) is 5. The third-order valence-electron chi connectivity index (χ3n) is 3.85. The quantitative estimate of drug-likeness (QED) is 0.764. The van der Waals surface area contributed by atoms with E-state index >= 15 is 0 Å². The summed E-state index contributed by atoms with van der Waals surface area (Å²) in [4.78, 5) is 16.5. The fourth-order valence-electron chi connectivity index (χ4n) is 2.56. The highest BCUT2D eigenvalue weighted by Crippen LogP contribution is 2.36. The second-order valence-electron chi connectivity index (χ2n) is 5.66. The summed E-state index contributed by atoms with van der Waals surface area (Å²) in [5.41, 5.74) is 0.472. The highest BCUT2D eigenvalue weighted by molar-refractivity contribution is 9.10. The van der Waals surface area contributed by atoms with Gasteiger partial charge in [0.25, 0.3) is 5.91 Å². The van der Waals surface area contributed by atoms with Gasteiger partial charge < -0.3 is 19.3 Å². The molecule has 1 aliphatic rings. The van der Waals surface area contributed by atoms with Gasteiger partial charge in [0, 0.05) is 25.7 Å². The van der Waals surface area contributed by atoms with Gasteiger partial charge in [-0.05, 0) is 48.9 Å². The molecule has 0 unspecified atom stereocenters. The molecule has 24 heavy (non-hydrogen) atoms. The zero-order valence-electron chi connectivity index (χ0n) is 14.0. The van der Waals surface area contributed by atoms with Crippen LogP contribution in [0, 0.1) is 11.3 Å². The van der Waals surface area contributed by atoms with E-state index in [0.29, 0.717) is 34.7 Å². The fourth-order valence-corrected chi connectivity index (χ4v) is 3.11. The summed E-state index contributed by atoms with van der Waals surface area (Å²) in [6.07, 6.45) is 0.965. The summed E-state index contributed by atoms with van der Waals surface area (Å²) in [7, 11) is 2.06. The molecule has 1 aliphatic heterocycles. The molecule has 130 valence electrons. The summed E-state index contributed by atoms with van der Waals surface area (Å²) in [6.45, 7) is 5.59. The Balaban J connectivity index is 2.05. The molecule has 1 aromatic carbocycles. The van der Waals surface area contributed by atoms with Crippen LogP contribution >= 0.6 is 15.9 Å². The number of nitrogens with zero attached hydrogens (tertiary/aromatic N) is 3. The monoisotopic (exact) mass is 395 g/mol. The van der Waals surface area contributed by atoms with Crippen molar-refractivity contribution in [3.8, 4) is 17.6 Å². The average molecular weight is 396 g/mol. The second-order valence-corrected chi connectivity index (χ2v) is 6.51. The van der Waals surface area contributed by atoms with Crippen LogP contribution in [0.15, 0.2) is 16.6 Å². The molecule has 1 fully saturated rings. The van der Waals surface area contributed by atoms with Gasteiger partial charge in [0.15, 0.2) is 18.1 Å². The second kappa shape index (κ2) is 8.90. The smallest absolute Gasteiger partial charge is 0.260 e. The molecule has 0 atom stereocenters. The Morgan fingerprint density at radius 3 is 2.79 bits per heavy atom. The highest BCUT2D eigenvalue weighted by Gasteiger charge is 2.19. The predicted molar refractivity (Wildman–Crippen MR) is 94.2 cm³/mol. The first-order valence-corrected chi connectivity index (χ1v) is 8.80. The van der Waals surface area contributed by atoms with Crippen LogP contribution in [0.4, 0.5) is 0 Å². The molecule has 2 rings (SSSR count).